The molecule has 3 heteroatoms. The van der Waals surface area contributed by atoms with Gasteiger partial charge in [-0.1, -0.05) is 24.3 Å². The van der Waals surface area contributed by atoms with Crippen molar-refractivity contribution >= 4 is 10.9 Å². The molecule has 1 aliphatic rings. The number of benzene rings is 1. The molecule has 0 amide bonds. The van der Waals surface area contributed by atoms with E-state index in [-0.39, 0.29) is 0 Å². The molecular formula is C16H21N3. The van der Waals surface area contributed by atoms with E-state index in [1.807, 2.05) is 6.07 Å². The van der Waals surface area contributed by atoms with E-state index in [1.54, 1.807) is 0 Å². The molecular weight excluding hydrogens is 234 g/mol. The van der Waals surface area contributed by atoms with E-state index >= 15 is 0 Å². The second kappa shape index (κ2) is 5.68. The van der Waals surface area contributed by atoms with E-state index in [1.165, 1.54) is 24.8 Å². The van der Waals surface area contributed by atoms with Gasteiger partial charge in [-0.05, 0) is 38.6 Å². The molecule has 3 rings (SSSR count). The lowest BCUT2D eigenvalue weighted by atomic mass is 10.1. The number of likely N-dealkylation sites (N-methyl/N-ethyl adjacent to an activating group) is 1. The van der Waals surface area contributed by atoms with Crippen LogP contribution in [0.25, 0.3) is 10.9 Å². The Morgan fingerprint density at radius 1 is 1.26 bits per heavy atom. The van der Waals surface area contributed by atoms with Crippen molar-refractivity contribution < 1.29 is 0 Å². The first kappa shape index (κ1) is 12.6. The average Bonchev–Trinajstić information content (AvgIpc) is 2.48. The highest BCUT2D eigenvalue weighted by Gasteiger charge is 2.17. The molecule has 1 unspecified atom stereocenters. The zero-order valence-electron chi connectivity index (χ0n) is 11.5. The van der Waals surface area contributed by atoms with E-state index < -0.39 is 0 Å². The van der Waals surface area contributed by atoms with Crippen molar-refractivity contribution in [3.8, 4) is 0 Å². The number of rotatable bonds is 3. The fourth-order valence-corrected chi connectivity index (χ4v) is 2.79. The molecule has 3 nitrogen and oxygen atoms in total. The highest BCUT2D eigenvalue weighted by Crippen LogP contribution is 2.15. The van der Waals surface area contributed by atoms with Crippen LogP contribution in [0.2, 0.25) is 0 Å². The van der Waals surface area contributed by atoms with Crippen molar-refractivity contribution in [2.24, 2.45) is 0 Å². The highest BCUT2D eigenvalue weighted by molar-refractivity contribution is 5.78. The summed E-state index contributed by atoms with van der Waals surface area (Å²) in [5.41, 5.74) is 2.25. The molecule has 2 aromatic rings. The fraction of sp³-hybridized carbons (Fsp3) is 0.438. The van der Waals surface area contributed by atoms with Crippen molar-refractivity contribution in [3.05, 3.63) is 42.1 Å². The summed E-state index contributed by atoms with van der Waals surface area (Å²) in [5.74, 6) is 0. The van der Waals surface area contributed by atoms with Crippen LogP contribution in [0.5, 0.6) is 0 Å². The number of aromatic nitrogens is 1. The number of nitrogens with one attached hydrogen (secondary N) is 1. The Balaban J connectivity index is 1.73. The first-order valence-corrected chi connectivity index (χ1v) is 7.08. The third-order valence-corrected chi connectivity index (χ3v) is 3.96. The summed E-state index contributed by atoms with van der Waals surface area (Å²) in [6, 6.07) is 13.3. The SMILES string of the molecule is CN(Cc1ccc2ccccc2n1)C1CCCNC1. The van der Waals surface area contributed by atoms with Crippen LogP contribution < -0.4 is 5.32 Å². The largest absolute Gasteiger partial charge is 0.315 e. The van der Waals surface area contributed by atoms with Crippen LogP contribution in [-0.4, -0.2) is 36.1 Å². The summed E-state index contributed by atoms with van der Waals surface area (Å²) in [5, 5.41) is 4.69. The number of nitrogens with zero attached hydrogens (tertiary/aromatic N) is 2. The molecule has 0 spiro atoms. The third kappa shape index (κ3) is 2.94. The lowest BCUT2D eigenvalue weighted by molar-refractivity contribution is 0.194. The van der Waals surface area contributed by atoms with Gasteiger partial charge in [-0.2, -0.15) is 0 Å². The normalized spacial score (nSPS) is 20.0. The Morgan fingerprint density at radius 2 is 2.16 bits per heavy atom. The molecule has 1 fully saturated rings. The van der Waals surface area contributed by atoms with Gasteiger partial charge in [-0.25, -0.2) is 0 Å². The number of hydrogen-bond donors (Lipinski definition) is 1. The second-order valence-corrected chi connectivity index (χ2v) is 5.41. The maximum Gasteiger partial charge on any atom is 0.0705 e. The van der Waals surface area contributed by atoms with Crippen LogP contribution in [-0.2, 0) is 6.54 Å². The first-order chi connectivity index (χ1) is 9.33. The summed E-state index contributed by atoms with van der Waals surface area (Å²) >= 11 is 0. The predicted molar refractivity (Wildman–Crippen MR) is 79.1 cm³/mol. The molecule has 1 saturated heterocycles. The molecule has 0 bridgehead atoms. The standard InChI is InChI=1S/C16H21N3/c1-19(15-6-4-10-17-11-15)12-14-9-8-13-5-2-3-7-16(13)18-14/h2-3,5,7-9,15,17H,4,6,10-12H2,1H3. The van der Waals surface area contributed by atoms with Crippen LogP contribution >= 0.6 is 0 Å². The summed E-state index contributed by atoms with van der Waals surface area (Å²) in [6.07, 6.45) is 2.57. The van der Waals surface area contributed by atoms with E-state index in [9.17, 15) is 0 Å². The van der Waals surface area contributed by atoms with Crippen molar-refractivity contribution in [3.63, 3.8) is 0 Å². The Kier molecular flexibility index (Phi) is 3.76. The molecule has 100 valence electrons. The monoisotopic (exact) mass is 255 g/mol. The summed E-state index contributed by atoms with van der Waals surface area (Å²) in [4.78, 5) is 7.17. The van der Waals surface area contributed by atoms with E-state index in [2.05, 4.69) is 47.6 Å². The maximum absolute atomic E-state index is 4.75. The van der Waals surface area contributed by atoms with Crippen LogP contribution in [0.1, 0.15) is 18.5 Å². The van der Waals surface area contributed by atoms with Crippen molar-refractivity contribution in [1.82, 2.24) is 15.2 Å². The molecule has 1 aromatic carbocycles. The molecule has 0 aliphatic carbocycles. The third-order valence-electron chi connectivity index (χ3n) is 3.96. The smallest absolute Gasteiger partial charge is 0.0705 e. The predicted octanol–water partition coefficient (Wildman–Crippen LogP) is 2.42. The molecule has 1 N–H and O–H groups in total. The van der Waals surface area contributed by atoms with Gasteiger partial charge in [0.2, 0.25) is 0 Å². The van der Waals surface area contributed by atoms with Gasteiger partial charge >= 0.3 is 0 Å². The van der Waals surface area contributed by atoms with Crippen LogP contribution in [0.15, 0.2) is 36.4 Å². The minimum atomic E-state index is 0.641. The zero-order valence-corrected chi connectivity index (χ0v) is 11.5. The highest BCUT2D eigenvalue weighted by atomic mass is 15.2. The minimum Gasteiger partial charge on any atom is -0.315 e. The summed E-state index contributed by atoms with van der Waals surface area (Å²) in [7, 11) is 2.20. The Morgan fingerprint density at radius 3 is 3.00 bits per heavy atom. The molecule has 1 aliphatic heterocycles. The second-order valence-electron chi connectivity index (χ2n) is 5.41. The van der Waals surface area contributed by atoms with Crippen molar-refractivity contribution in [2.45, 2.75) is 25.4 Å². The Bertz CT molecular complexity index is 546. The first-order valence-electron chi connectivity index (χ1n) is 7.08. The topological polar surface area (TPSA) is 28.2 Å². The van der Waals surface area contributed by atoms with E-state index in [0.717, 1.165) is 24.3 Å². The van der Waals surface area contributed by atoms with Gasteiger partial charge in [0.1, 0.15) is 0 Å². The minimum absolute atomic E-state index is 0.641. The number of fused-ring (bicyclic) bond motifs is 1. The lowest BCUT2D eigenvalue weighted by Gasteiger charge is -2.31. The van der Waals surface area contributed by atoms with Gasteiger partial charge in [0.25, 0.3) is 0 Å². The maximum atomic E-state index is 4.75. The van der Waals surface area contributed by atoms with Crippen LogP contribution in [0.3, 0.4) is 0 Å². The Hall–Kier alpha value is -1.45. The molecule has 0 saturated carbocycles. The van der Waals surface area contributed by atoms with E-state index in [4.69, 9.17) is 4.98 Å². The molecule has 1 aromatic heterocycles. The Labute approximate surface area is 114 Å². The summed E-state index contributed by atoms with van der Waals surface area (Å²) in [6.45, 7) is 3.19. The van der Waals surface area contributed by atoms with Gasteiger partial charge in [0.05, 0.1) is 11.2 Å². The van der Waals surface area contributed by atoms with Gasteiger partial charge in [-0.15, -0.1) is 0 Å². The number of pyridine rings is 1. The molecule has 0 radical (unpaired) electrons. The van der Waals surface area contributed by atoms with Crippen molar-refractivity contribution in [2.75, 3.05) is 20.1 Å². The van der Waals surface area contributed by atoms with Gasteiger partial charge in [0.15, 0.2) is 0 Å². The lowest BCUT2D eigenvalue weighted by Crippen LogP contribution is -2.43. The van der Waals surface area contributed by atoms with Crippen molar-refractivity contribution in [1.29, 1.82) is 0 Å². The average molecular weight is 255 g/mol. The zero-order chi connectivity index (χ0) is 13.1. The fourth-order valence-electron chi connectivity index (χ4n) is 2.79. The van der Waals surface area contributed by atoms with E-state index in [0.29, 0.717) is 6.04 Å². The van der Waals surface area contributed by atoms with Gasteiger partial charge in [-0.3, -0.25) is 9.88 Å². The quantitative estimate of drug-likeness (QED) is 0.913. The number of para-hydroxylation sites is 1. The molecule has 19 heavy (non-hydrogen) atoms. The summed E-state index contributed by atoms with van der Waals surface area (Å²) < 4.78 is 0. The van der Waals surface area contributed by atoms with Gasteiger partial charge in [0, 0.05) is 24.5 Å². The van der Waals surface area contributed by atoms with Crippen LogP contribution in [0, 0.1) is 0 Å². The number of hydrogen-bond acceptors (Lipinski definition) is 3. The number of piperidine rings is 1. The molecule has 2 heterocycles. The molecule has 1 atom stereocenters. The van der Waals surface area contributed by atoms with Gasteiger partial charge < -0.3 is 5.32 Å². The van der Waals surface area contributed by atoms with Crippen LogP contribution in [0.4, 0.5) is 0 Å².